The summed E-state index contributed by atoms with van der Waals surface area (Å²) in [5.41, 5.74) is 2.99. The zero-order chi connectivity index (χ0) is 14.5. The molecule has 1 aromatic heterocycles. The lowest BCUT2D eigenvalue weighted by Crippen LogP contribution is -2.17. The molecule has 0 spiro atoms. The third-order valence-electron chi connectivity index (χ3n) is 3.22. The Balaban J connectivity index is 1.76. The van der Waals surface area contributed by atoms with Crippen LogP contribution in [0.1, 0.15) is 23.4 Å². The summed E-state index contributed by atoms with van der Waals surface area (Å²) >= 11 is 6.05. The van der Waals surface area contributed by atoms with Gasteiger partial charge in [0.2, 0.25) is 0 Å². The Bertz CT molecular complexity index is 560. The number of phenols is 1. The van der Waals surface area contributed by atoms with Gasteiger partial charge in [-0.05, 0) is 45.0 Å². The van der Waals surface area contributed by atoms with E-state index < -0.39 is 0 Å². The quantitative estimate of drug-likeness (QED) is 0.805. The average molecular weight is 294 g/mol. The second-order valence-corrected chi connectivity index (χ2v) is 5.33. The van der Waals surface area contributed by atoms with E-state index in [1.165, 1.54) is 5.69 Å². The minimum Gasteiger partial charge on any atom is -0.508 e. The highest BCUT2D eigenvalue weighted by Crippen LogP contribution is 2.24. The van der Waals surface area contributed by atoms with Gasteiger partial charge in [-0.25, -0.2) is 0 Å². The van der Waals surface area contributed by atoms with Crippen LogP contribution in [-0.4, -0.2) is 21.4 Å². The zero-order valence-electron chi connectivity index (χ0n) is 11.9. The Labute approximate surface area is 124 Å². The number of halogens is 1. The van der Waals surface area contributed by atoms with E-state index in [1.807, 2.05) is 11.6 Å². The number of benzene rings is 1. The van der Waals surface area contributed by atoms with Gasteiger partial charge in [0, 0.05) is 29.4 Å². The molecule has 0 atom stereocenters. The molecule has 1 aromatic carbocycles. The number of hydrogen-bond acceptors (Lipinski definition) is 3. The van der Waals surface area contributed by atoms with E-state index in [2.05, 4.69) is 23.4 Å². The number of hydrogen-bond donors (Lipinski definition) is 2. The highest BCUT2D eigenvalue weighted by Gasteiger charge is 2.05. The molecule has 20 heavy (non-hydrogen) atoms. The van der Waals surface area contributed by atoms with Crippen molar-refractivity contribution in [3.63, 3.8) is 0 Å². The molecule has 0 radical (unpaired) electrons. The first-order chi connectivity index (χ1) is 9.58. The molecule has 0 fully saturated rings. The van der Waals surface area contributed by atoms with Crippen molar-refractivity contribution < 1.29 is 5.11 Å². The lowest BCUT2D eigenvalue weighted by Gasteiger charge is -2.09. The topological polar surface area (TPSA) is 50.1 Å². The minimum absolute atomic E-state index is 0.239. The molecule has 4 nitrogen and oxygen atoms in total. The number of aromatic nitrogens is 2. The van der Waals surface area contributed by atoms with Crippen molar-refractivity contribution in [2.75, 3.05) is 6.54 Å². The zero-order valence-corrected chi connectivity index (χ0v) is 12.6. The van der Waals surface area contributed by atoms with Gasteiger partial charge in [-0.2, -0.15) is 5.10 Å². The summed E-state index contributed by atoms with van der Waals surface area (Å²) in [6, 6.07) is 7.26. The van der Waals surface area contributed by atoms with Crippen LogP contribution in [0.15, 0.2) is 24.3 Å². The molecular formula is C15H20ClN3O. The third-order valence-corrected chi connectivity index (χ3v) is 3.58. The van der Waals surface area contributed by atoms with Crippen LogP contribution in [-0.2, 0) is 13.1 Å². The second kappa shape index (κ2) is 6.77. The summed E-state index contributed by atoms with van der Waals surface area (Å²) in [6.45, 7) is 6.38. The molecular weight excluding hydrogens is 274 g/mol. The van der Waals surface area contributed by atoms with E-state index in [0.717, 1.165) is 30.8 Å². The average Bonchev–Trinajstić information content (AvgIpc) is 2.71. The van der Waals surface area contributed by atoms with Crippen LogP contribution in [0.4, 0.5) is 0 Å². The third kappa shape index (κ3) is 3.74. The number of phenolic OH excluding ortho intramolecular Hbond substituents is 1. The second-order valence-electron chi connectivity index (χ2n) is 4.92. The summed E-state index contributed by atoms with van der Waals surface area (Å²) < 4.78 is 2.02. The van der Waals surface area contributed by atoms with Crippen molar-refractivity contribution in [3.05, 3.63) is 46.2 Å². The Morgan fingerprint density at radius 3 is 2.80 bits per heavy atom. The Hall–Kier alpha value is -1.52. The molecule has 2 aromatic rings. The van der Waals surface area contributed by atoms with Crippen molar-refractivity contribution in [1.82, 2.24) is 15.1 Å². The van der Waals surface area contributed by atoms with Crippen molar-refractivity contribution in [3.8, 4) is 5.75 Å². The van der Waals surface area contributed by atoms with Gasteiger partial charge in [-0.3, -0.25) is 4.68 Å². The highest BCUT2D eigenvalue weighted by molar-refractivity contribution is 6.31. The number of aryl methyl sites for hydroxylation is 3. The smallest absolute Gasteiger partial charge is 0.121 e. The molecule has 2 rings (SSSR count). The fraction of sp³-hybridized carbons (Fsp3) is 0.400. The maximum Gasteiger partial charge on any atom is 0.121 e. The van der Waals surface area contributed by atoms with E-state index >= 15 is 0 Å². The molecule has 0 saturated heterocycles. The van der Waals surface area contributed by atoms with Crippen LogP contribution in [0.3, 0.4) is 0 Å². The summed E-state index contributed by atoms with van der Waals surface area (Å²) in [5, 5.41) is 18.0. The summed E-state index contributed by atoms with van der Waals surface area (Å²) in [7, 11) is 0. The van der Waals surface area contributed by atoms with Crippen molar-refractivity contribution in [2.45, 2.75) is 33.4 Å². The van der Waals surface area contributed by atoms with Crippen LogP contribution in [0.2, 0.25) is 5.02 Å². The highest BCUT2D eigenvalue weighted by atomic mass is 35.5. The van der Waals surface area contributed by atoms with Crippen molar-refractivity contribution >= 4 is 11.6 Å². The predicted molar refractivity (Wildman–Crippen MR) is 81.1 cm³/mol. The van der Waals surface area contributed by atoms with E-state index in [0.29, 0.717) is 11.6 Å². The van der Waals surface area contributed by atoms with Crippen LogP contribution in [0, 0.1) is 13.8 Å². The molecule has 1 heterocycles. The Morgan fingerprint density at radius 1 is 1.35 bits per heavy atom. The first kappa shape index (κ1) is 14.9. The fourth-order valence-corrected chi connectivity index (χ4v) is 2.43. The van der Waals surface area contributed by atoms with Gasteiger partial charge in [-0.15, -0.1) is 0 Å². The number of rotatable bonds is 6. The normalized spacial score (nSPS) is 10.9. The van der Waals surface area contributed by atoms with Crippen LogP contribution in [0.25, 0.3) is 0 Å². The van der Waals surface area contributed by atoms with Gasteiger partial charge in [0.05, 0.1) is 5.69 Å². The molecule has 108 valence electrons. The predicted octanol–water partition coefficient (Wildman–Crippen LogP) is 3.04. The lowest BCUT2D eigenvalue weighted by molar-refractivity contribution is 0.462. The summed E-state index contributed by atoms with van der Waals surface area (Å²) in [4.78, 5) is 0. The van der Waals surface area contributed by atoms with Gasteiger partial charge in [0.1, 0.15) is 5.75 Å². The maximum absolute atomic E-state index is 9.73. The van der Waals surface area contributed by atoms with Gasteiger partial charge >= 0.3 is 0 Å². The number of nitrogens with one attached hydrogen (secondary N) is 1. The van der Waals surface area contributed by atoms with Gasteiger partial charge in [0.25, 0.3) is 0 Å². The molecule has 0 aliphatic heterocycles. The van der Waals surface area contributed by atoms with Crippen molar-refractivity contribution in [1.29, 1.82) is 0 Å². The first-order valence-electron chi connectivity index (χ1n) is 6.76. The summed E-state index contributed by atoms with van der Waals surface area (Å²) in [6.07, 6.45) is 0.979. The van der Waals surface area contributed by atoms with Crippen molar-refractivity contribution in [2.24, 2.45) is 0 Å². The van der Waals surface area contributed by atoms with E-state index in [9.17, 15) is 5.11 Å². The Morgan fingerprint density at radius 2 is 2.15 bits per heavy atom. The van der Waals surface area contributed by atoms with Crippen LogP contribution >= 0.6 is 11.6 Å². The van der Waals surface area contributed by atoms with E-state index in [1.54, 1.807) is 18.2 Å². The fourth-order valence-electron chi connectivity index (χ4n) is 2.19. The monoisotopic (exact) mass is 293 g/mol. The first-order valence-corrected chi connectivity index (χ1v) is 7.14. The van der Waals surface area contributed by atoms with Crippen LogP contribution < -0.4 is 5.32 Å². The number of nitrogens with zero attached hydrogens (tertiary/aromatic N) is 2. The molecule has 0 bridgehead atoms. The SMILES string of the molecule is Cc1cc(C)n(CCCNCc2c(O)cccc2Cl)n1. The lowest BCUT2D eigenvalue weighted by atomic mass is 10.2. The Kier molecular flexibility index (Phi) is 5.04. The summed E-state index contributed by atoms with van der Waals surface area (Å²) in [5.74, 6) is 0.239. The molecule has 2 N–H and O–H groups in total. The molecule has 0 aliphatic carbocycles. The molecule has 0 saturated carbocycles. The number of aromatic hydroxyl groups is 1. The standard InChI is InChI=1S/C15H20ClN3O/c1-11-9-12(2)19(18-11)8-4-7-17-10-13-14(16)5-3-6-15(13)20/h3,5-6,9,17,20H,4,7-8,10H2,1-2H3. The maximum atomic E-state index is 9.73. The molecule has 0 unspecified atom stereocenters. The minimum atomic E-state index is 0.239. The van der Waals surface area contributed by atoms with E-state index in [-0.39, 0.29) is 5.75 Å². The van der Waals surface area contributed by atoms with Gasteiger partial charge in [-0.1, -0.05) is 17.7 Å². The molecule has 5 heteroatoms. The molecule has 0 amide bonds. The van der Waals surface area contributed by atoms with Gasteiger partial charge < -0.3 is 10.4 Å². The molecule has 0 aliphatic rings. The van der Waals surface area contributed by atoms with Crippen LogP contribution in [0.5, 0.6) is 5.75 Å². The van der Waals surface area contributed by atoms with E-state index in [4.69, 9.17) is 11.6 Å². The van der Waals surface area contributed by atoms with Gasteiger partial charge in [0.15, 0.2) is 0 Å². The largest absolute Gasteiger partial charge is 0.508 e.